The molecule has 2 rings (SSSR count). The van der Waals surface area contributed by atoms with Crippen LogP contribution < -0.4 is 0 Å². The molecule has 0 aliphatic carbocycles. The summed E-state index contributed by atoms with van der Waals surface area (Å²) < 4.78 is 25.1. The average molecular weight is 255 g/mol. The van der Waals surface area contributed by atoms with Crippen LogP contribution in [-0.2, 0) is 10.0 Å². The highest BCUT2D eigenvalue weighted by atomic mass is 32.2. The normalized spacial score (nSPS) is 22.6. The first-order chi connectivity index (χ1) is 8.00. The van der Waals surface area contributed by atoms with E-state index in [0.29, 0.717) is 6.54 Å². The van der Waals surface area contributed by atoms with Crippen LogP contribution in [0.1, 0.15) is 36.6 Å². The van der Waals surface area contributed by atoms with Gasteiger partial charge < -0.3 is 0 Å². The Morgan fingerprint density at radius 2 is 2.18 bits per heavy atom. The van der Waals surface area contributed by atoms with E-state index in [1.165, 1.54) is 12.6 Å². The van der Waals surface area contributed by atoms with Gasteiger partial charge >= 0.3 is 0 Å². The number of hydrogen-bond acceptors (Lipinski definition) is 4. The van der Waals surface area contributed by atoms with Gasteiger partial charge in [0.1, 0.15) is 6.33 Å². The molecule has 1 aromatic rings. The smallest absolute Gasteiger partial charge is 0.211 e. The SMILES string of the molecule is Cc1cncnc1[C@@H]1CCCCN1S(C)(=O)=O. The quantitative estimate of drug-likeness (QED) is 0.798. The summed E-state index contributed by atoms with van der Waals surface area (Å²) in [6, 6.07) is -0.123. The molecule has 0 aromatic carbocycles. The molecule has 0 radical (unpaired) electrons. The van der Waals surface area contributed by atoms with Crippen LogP contribution in [0, 0.1) is 6.92 Å². The van der Waals surface area contributed by atoms with Crippen molar-refractivity contribution < 1.29 is 8.42 Å². The summed E-state index contributed by atoms with van der Waals surface area (Å²) in [5, 5.41) is 0. The molecule has 1 aliphatic heterocycles. The largest absolute Gasteiger partial charge is 0.245 e. The first-order valence-corrected chi connectivity index (χ1v) is 7.58. The van der Waals surface area contributed by atoms with Gasteiger partial charge in [-0.2, -0.15) is 4.31 Å². The van der Waals surface area contributed by atoms with E-state index in [4.69, 9.17) is 0 Å². The third kappa shape index (κ3) is 2.63. The van der Waals surface area contributed by atoms with E-state index in [9.17, 15) is 8.42 Å². The van der Waals surface area contributed by atoms with Crippen molar-refractivity contribution in [1.29, 1.82) is 0 Å². The molecule has 94 valence electrons. The second kappa shape index (κ2) is 4.70. The molecule has 1 atom stereocenters. The molecule has 0 unspecified atom stereocenters. The van der Waals surface area contributed by atoms with Gasteiger partial charge in [-0.1, -0.05) is 6.42 Å². The highest BCUT2D eigenvalue weighted by Crippen LogP contribution is 2.32. The molecule has 0 saturated carbocycles. The first kappa shape index (κ1) is 12.4. The third-order valence-electron chi connectivity index (χ3n) is 3.13. The maximum atomic E-state index is 11.8. The summed E-state index contributed by atoms with van der Waals surface area (Å²) in [5.74, 6) is 0. The Balaban J connectivity index is 2.38. The zero-order valence-electron chi connectivity index (χ0n) is 10.1. The van der Waals surface area contributed by atoms with Gasteiger partial charge in [0.25, 0.3) is 0 Å². The van der Waals surface area contributed by atoms with Crippen LogP contribution in [0.25, 0.3) is 0 Å². The van der Waals surface area contributed by atoms with Gasteiger partial charge in [-0.25, -0.2) is 18.4 Å². The Hall–Kier alpha value is -1.01. The molecule has 0 amide bonds. The van der Waals surface area contributed by atoms with Gasteiger partial charge in [-0.3, -0.25) is 0 Å². The Morgan fingerprint density at radius 3 is 2.82 bits per heavy atom. The van der Waals surface area contributed by atoms with Gasteiger partial charge in [0, 0.05) is 12.7 Å². The van der Waals surface area contributed by atoms with Crippen molar-refractivity contribution in [3.63, 3.8) is 0 Å². The number of sulfonamides is 1. The highest BCUT2D eigenvalue weighted by Gasteiger charge is 2.32. The maximum Gasteiger partial charge on any atom is 0.211 e. The number of hydrogen-bond donors (Lipinski definition) is 0. The Bertz CT molecular complexity index is 501. The van der Waals surface area contributed by atoms with Crippen LogP contribution in [-0.4, -0.2) is 35.5 Å². The minimum atomic E-state index is -3.17. The maximum absolute atomic E-state index is 11.8. The molecule has 6 heteroatoms. The first-order valence-electron chi connectivity index (χ1n) is 5.73. The molecule has 2 heterocycles. The minimum Gasteiger partial charge on any atom is -0.245 e. The lowest BCUT2D eigenvalue weighted by Crippen LogP contribution is -2.38. The summed E-state index contributed by atoms with van der Waals surface area (Å²) in [6.07, 6.45) is 7.29. The van der Waals surface area contributed by atoms with Crippen molar-refractivity contribution in [1.82, 2.24) is 14.3 Å². The van der Waals surface area contributed by atoms with Gasteiger partial charge in [0.2, 0.25) is 10.0 Å². The van der Waals surface area contributed by atoms with Crippen LogP contribution in [0.3, 0.4) is 0 Å². The van der Waals surface area contributed by atoms with Crippen LogP contribution in [0.2, 0.25) is 0 Å². The van der Waals surface area contributed by atoms with Crippen molar-refractivity contribution in [2.45, 2.75) is 32.2 Å². The number of aromatic nitrogens is 2. The zero-order chi connectivity index (χ0) is 12.5. The number of aryl methyl sites for hydroxylation is 1. The minimum absolute atomic E-state index is 0.123. The monoisotopic (exact) mass is 255 g/mol. The Morgan fingerprint density at radius 1 is 1.41 bits per heavy atom. The molecule has 0 bridgehead atoms. The number of rotatable bonds is 2. The van der Waals surface area contributed by atoms with Gasteiger partial charge in [-0.05, 0) is 25.3 Å². The average Bonchev–Trinajstić information content (AvgIpc) is 2.28. The fourth-order valence-corrected chi connectivity index (χ4v) is 3.46. The highest BCUT2D eigenvalue weighted by molar-refractivity contribution is 7.88. The predicted octanol–water partition coefficient (Wildman–Crippen LogP) is 1.27. The van der Waals surface area contributed by atoms with Crippen molar-refractivity contribution >= 4 is 10.0 Å². The standard InChI is InChI=1S/C11H17N3O2S/c1-9-7-12-8-13-11(9)10-5-3-4-6-14(10)17(2,15)16/h7-8,10H,3-6H2,1-2H3/t10-/m0/s1. The molecule has 1 aromatic heterocycles. The lowest BCUT2D eigenvalue weighted by Gasteiger charge is -2.33. The fraction of sp³-hybridized carbons (Fsp3) is 0.636. The predicted molar refractivity (Wildman–Crippen MR) is 64.9 cm³/mol. The second-order valence-electron chi connectivity index (χ2n) is 4.48. The van der Waals surface area contributed by atoms with Crippen LogP contribution >= 0.6 is 0 Å². The Kier molecular flexibility index (Phi) is 3.44. The topological polar surface area (TPSA) is 63.2 Å². The molecule has 0 N–H and O–H groups in total. The zero-order valence-corrected chi connectivity index (χ0v) is 10.9. The summed E-state index contributed by atoms with van der Waals surface area (Å²) >= 11 is 0. The number of piperidine rings is 1. The van der Waals surface area contributed by atoms with Gasteiger partial charge in [-0.15, -0.1) is 0 Å². The summed E-state index contributed by atoms with van der Waals surface area (Å²) in [5.41, 5.74) is 1.79. The summed E-state index contributed by atoms with van der Waals surface area (Å²) in [4.78, 5) is 8.20. The van der Waals surface area contributed by atoms with E-state index in [-0.39, 0.29) is 6.04 Å². The van der Waals surface area contributed by atoms with E-state index < -0.39 is 10.0 Å². The fourth-order valence-electron chi connectivity index (χ4n) is 2.33. The lowest BCUT2D eigenvalue weighted by atomic mass is 9.99. The van der Waals surface area contributed by atoms with Crippen molar-refractivity contribution in [2.24, 2.45) is 0 Å². The van der Waals surface area contributed by atoms with Crippen LogP contribution in [0.5, 0.6) is 0 Å². The van der Waals surface area contributed by atoms with Crippen molar-refractivity contribution in [2.75, 3.05) is 12.8 Å². The van der Waals surface area contributed by atoms with Crippen LogP contribution in [0.4, 0.5) is 0 Å². The van der Waals surface area contributed by atoms with Gasteiger partial charge in [0.15, 0.2) is 0 Å². The van der Waals surface area contributed by atoms with Gasteiger partial charge in [0.05, 0.1) is 18.0 Å². The van der Waals surface area contributed by atoms with E-state index in [2.05, 4.69) is 9.97 Å². The molecular weight excluding hydrogens is 238 g/mol. The van der Waals surface area contributed by atoms with E-state index >= 15 is 0 Å². The molecule has 17 heavy (non-hydrogen) atoms. The molecular formula is C11H17N3O2S. The number of nitrogens with zero attached hydrogens (tertiary/aromatic N) is 3. The Labute approximate surface area is 102 Å². The van der Waals surface area contributed by atoms with E-state index in [0.717, 1.165) is 30.5 Å². The molecule has 5 nitrogen and oxygen atoms in total. The molecule has 1 fully saturated rings. The second-order valence-corrected chi connectivity index (χ2v) is 6.41. The third-order valence-corrected chi connectivity index (χ3v) is 4.42. The lowest BCUT2D eigenvalue weighted by molar-refractivity contribution is 0.252. The van der Waals surface area contributed by atoms with E-state index in [1.54, 1.807) is 10.5 Å². The van der Waals surface area contributed by atoms with Crippen molar-refractivity contribution in [3.8, 4) is 0 Å². The van der Waals surface area contributed by atoms with Crippen molar-refractivity contribution in [3.05, 3.63) is 23.8 Å². The molecule has 1 aliphatic rings. The molecule has 1 saturated heterocycles. The molecule has 0 spiro atoms. The van der Waals surface area contributed by atoms with E-state index in [1.807, 2.05) is 6.92 Å². The summed E-state index contributed by atoms with van der Waals surface area (Å²) in [7, 11) is -3.17. The summed E-state index contributed by atoms with van der Waals surface area (Å²) in [6.45, 7) is 2.51. The van der Waals surface area contributed by atoms with Crippen LogP contribution in [0.15, 0.2) is 12.5 Å².